The number of sulfone groups is 1. The molecule has 0 aliphatic rings. The molecule has 0 aromatic heterocycles. The Morgan fingerprint density at radius 3 is 2.53 bits per heavy atom. The highest BCUT2D eigenvalue weighted by molar-refractivity contribution is 7.91. The summed E-state index contributed by atoms with van der Waals surface area (Å²) in [5, 5.41) is 3.13. The maximum Gasteiger partial charge on any atom is 0.180 e. The second kappa shape index (κ2) is 5.87. The van der Waals surface area contributed by atoms with Crippen LogP contribution in [-0.2, 0) is 9.84 Å². The van der Waals surface area contributed by atoms with Crippen LogP contribution in [0.5, 0.6) is 0 Å². The average Bonchev–Trinajstić information content (AvgIpc) is 2.29. The zero-order valence-corrected chi connectivity index (χ0v) is 11.3. The molecule has 0 radical (unpaired) electrons. The second-order valence-electron chi connectivity index (χ2n) is 4.06. The lowest BCUT2D eigenvalue weighted by Gasteiger charge is -2.10. The molecule has 0 atom stereocenters. The first kappa shape index (κ1) is 13.8. The molecule has 0 fully saturated rings. The Morgan fingerprint density at radius 2 is 1.94 bits per heavy atom. The Balaban J connectivity index is 2.97. The molecule has 1 aromatic rings. The molecule has 0 unspecified atom stereocenters. The summed E-state index contributed by atoms with van der Waals surface area (Å²) in [5.74, 6) is 0.119. The van der Waals surface area contributed by atoms with E-state index in [0.29, 0.717) is 17.1 Å². The topological polar surface area (TPSA) is 46.2 Å². The molecular formula is C13H19NO2S. The SMILES string of the molecule is CCS(=O)(=O)c1ccccc1NCC=C(C)C. The fourth-order valence-electron chi connectivity index (χ4n) is 1.40. The molecule has 0 heterocycles. The normalized spacial score (nSPS) is 11.0. The van der Waals surface area contributed by atoms with Crippen LogP contribution in [0.3, 0.4) is 0 Å². The number of hydrogen-bond acceptors (Lipinski definition) is 3. The summed E-state index contributed by atoms with van der Waals surface area (Å²) in [6.45, 7) is 6.31. The molecule has 4 heteroatoms. The molecule has 0 amide bonds. The molecule has 1 rings (SSSR count). The lowest BCUT2D eigenvalue weighted by Crippen LogP contribution is -2.09. The van der Waals surface area contributed by atoms with Crippen molar-refractivity contribution in [3.8, 4) is 0 Å². The van der Waals surface area contributed by atoms with Crippen molar-refractivity contribution < 1.29 is 8.42 Å². The summed E-state index contributed by atoms with van der Waals surface area (Å²) in [6.07, 6.45) is 2.02. The van der Waals surface area contributed by atoms with Crippen molar-refractivity contribution in [2.45, 2.75) is 25.7 Å². The molecule has 0 spiro atoms. The highest BCUT2D eigenvalue weighted by Crippen LogP contribution is 2.21. The first-order valence-electron chi connectivity index (χ1n) is 5.66. The fraction of sp³-hybridized carbons (Fsp3) is 0.385. The van der Waals surface area contributed by atoms with Crippen LogP contribution >= 0.6 is 0 Å². The minimum Gasteiger partial charge on any atom is -0.381 e. The van der Waals surface area contributed by atoms with Gasteiger partial charge in [0.05, 0.1) is 16.3 Å². The highest BCUT2D eigenvalue weighted by Gasteiger charge is 2.15. The van der Waals surface area contributed by atoms with Crippen molar-refractivity contribution in [2.75, 3.05) is 17.6 Å². The van der Waals surface area contributed by atoms with Gasteiger partial charge in [-0.15, -0.1) is 0 Å². The Labute approximate surface area is 103 Å². The van der Waals surface area contributed by atoms with Gasteiger partial charge in [-0.2, -0.15) is 0 Å². The molecule has 17 heavy (non-hydrogen) atoms. The predicted octanol–water partition coefficient (Wildman–Crippen LogP) is 2.86. The molecule has 0 bridgehead atoms. The van der Waals surface area contributed by atoms with Gasteiger partial charge in [0.2, 0.25) is 0 Å². The van der Waals surface area contributed by atoms with Crippen LogP contribution in [0.4, 0.5) is 5.69 Å². The summed E-state index contributed by atoms with van der Waals surface area (Å²) >= 11 is 0. The monoisotopic (exact) mass is 253 g/mol. The van der Waals surface area contributed by atoms with E-state index in [1.54, 1.807) is 25.1 Å². The van der Waals surface area contributed by atoms with Gasteiger partial charge in [-0.1, -0.05) is 30.7 Å². The third kappa shape index (κ3) is 3.89. The molecule has 0 saturated carbocycles. The van der Waals surface area contributed by atoms with Crippen LogP contribution in [0.25, 0.3) is 0 Å². The fourth-order valence-corrected chi connectivity index (χ4v) is 2.48. The van der Waals surface area contributed by atoms with E-state index in [1.165, 1.54) is 5.57 Å². The molecule has 0 saturated heterocycles. The summed E-state index contributed by atoms with van der Waals surface area (Å²) in [7, 11) is -3.16. The summed E-state index contributed by atoms with van der Waals surface area (Å²) < 4.78 is 23.7. The molecule has 3 nitrogen and oxygen atoms in total. The largest absolute Gasteiger partial charge is 0.381 e. The van der Waals surface area contributed by atoms with E-state index in [0.717, 1.165) is 0 Å². The van der Waals surface area contributed by atoms with Crippen molar-refractivity contribution >= 4 is 15.5 Å². The van der Waals surface area contributed by atoms with Gasteiger partial charge < -0.3 is 5.32 Å². The predicted molar refractivity (Wildman–Crippen MR) is 72.1 cm³/mol. The van der Waals surface area contributed by atoms with Crippen molar-refractivity contribution in [1.82, 2.24) is 0 Å². The van der Waals surface area contributed by atoms with E-state index in [2.05, 4.69) is 5.32 Å². The quantitative estimate of drug-likeness (QED) is 0.821. The first-order chi connectivity index (χ1) is 7.97. The maximum absolute atomic E-state index is 11.9. The lowest BCUT2D eigenvalue weighted by atomic mass is 10.3. The van der Waals surface area contributed by atoms with Gasteiger partial charge in [-0.3, -0.25) is 0 Å². The van der Waals surface area contributed by atoms with Gasteiger partial charge in [0.25, 0.3) is 0 Å². The van der Waals surface area contributed by atoms with Crippen LogP contribution in [0, 0.1) is 0 Å². The molecular weight excluding hydrogens is 234 g/mol. The van der Waals surface area contributed by atoms with Crippen molar-refractivity contribution in [2.24, 2.45) is 0 Å². The van der Waals surface area contributed by atoms with Gasteiger partial charge in [-0.05, 0) is 26.0 Å². The Morgan fingerprint density at radius 1 is 1.29 bits per heavy atom. The van der Waals surface area contributed by atoms with Crippen LogP contribution in [0.15, 0.2) is 40.8 Å². The van der Waals surface area contributed by atoms with E-state index in [-0.39, 0.29) is 5.75 Å². The summed E-state index contributed by atoms with van der Waals surface area (Å²) in [5.41, 5.74) is 1.88. The molecule has 0 aliphatic carbocycles. The van der Waals surface area contributed by atoms with E-state index in [9.17, 15) is 8.42 Å². The van der Waals surface area contributed by atoms with Crippen molar-refractivity contribution in [1.29, 1.82) is 0 Å². The number of benzene rings is 1. The number of rotatable bonds is 5. The van der Waals surface area contributed by atoms with Gasteiger partial charge in [0.15, 0.2) is 9.84 Å². The minimum atomic E-state index is -3.16. The van der Waals surface area contributed by atoms with Crippen molar-refractivity contribution in [3.05, 3.63) is 35.9 Å². The zero-order valence-electron chi connectivity index (χ0n) is 10.5. The zero-order chi connectivity index (χ0) is 12.9. The maximum atomic E-state index is 11.9. The molecule has 0 aliphatic heterocycles. The third-order valence-electron chi connectivity index (χ3n) is 2.40. The number of allylic oxidation sites excluding steroid dienone is 1. The molecule has 1 N–H and O–H groups in total. The van der Waals surface area contributed by atoms with E-state index < -0.39 is 9.84 Å². The van der Waals surface area contributed by atoms with Crippen molar-refractivity contribution in [3.63, 3.8) is 0 Å². The summed E-state index contributed by atoms with van der Waals surface area (Å²) in [6, 6.07) is 7.01. The van der Waals surface area contributed by atoms with Crippen LogP contribution in [-0.4, -0.2) is 20.7 Å². The van der Waals surface area contributed by atoms with Crippen LogP contribution in [0.2, 0.25) is 0 Å². The van der Waals surface area contributed by atoms with E-state index in [1.807, 2.05) is 26.0 Å². The van der Waals surface area contributed by atoms with E-state index >= 15 is 0 Å². The molecule has 1 aromatic carbocycles. The smallest absolute Gasteiger partial charge is 0.180 e. The average molecular weight is 253 g/mol. The number of para-hydroxylation sites is 1. The van der Waals surface area contributed by atoms with Gasteiger partial charge in [0, 0.05) is 6.54 Å². The number of hydrogen-bond donors (Lipinski definition) is 1. The minimum absolute atomic E-state index is 0.119. The Kier molecular flexibility index (Phi) is 4.75. The number of nitrogens with one attached hydrogen (secondary N) is 1. The Bertz CT molecular complexity index is 500. The number of anilines is 1. The summed E-state index contributed by atoms with van der Waals surface area (Å²) in [4.78, 5) is 0.379. The standard InChI is InChI=1S/C13H19NO2S/c1-4-17(15,16)13-8-6-5-7-12(13)14-10-9-11(2)3/h5-9,14H,4,10H2,1-3H3. The van der Waals surface area contributed by atoms with E-state index in [4.69, 9.17) is 0 Å². The third-order valence-corrected chi connectivity index (χ3v) is 4.19. The van der Waals surface area contributed by atoms with Crippen LogP contribution < -0.4 is 5.32 Å². The first-order valence-corrected chi connectivity index (χ1v) is 7.31. The van der Waals surface area contributed by atoms with Gasteiger partial charge >= 0.3 is 0 Å². The van der Waals surface area contributed by atoms with Gasteiger partial charge in [-0.25, -0.2) is 8.42 Å². The lowest BCUT2D eigenvalue weighted by molar-refractivity contribution is 0.597. The highest BCUT2D eigenvalue weighted by atomic mass is 32.2. The van der Waals surface area contributed by atoms with Crippen LogP contribution in [0.1, 0.15) is 20.8 Å². The van der Waals surface area contributed by atoms with Gasteiger partial charge in [0.1, 0.15) is 0 Å². The molecule has 94 valence electrons. The Hall–Kier alpha value is -1.29. The second-order valence-corrected chi connectivity index (χ2v) is 6.31.